The van der Waals surface area contributed by atoms with E-state index < -0.39 is 0 Å². The highest BCUT2D eigenvalue weighted by molar-refractivity contribution is 6.32. The molecule has 0 atom stereocenters. The van der Waals surface area contributed by atoms with Crippen molar-refractivity contribution in [2.45, 2.75) is 26.2 Å². The summed E-state index contributed by atoms with van der Waals surface area (Å²) in [6, 6.07) is 5.46. The normalized spacial score (nSPS) is 17.3. The van der Waals surface area contributed by atoms with Gasteiger partial charge in [-0.05, 0) is 63.0 Å². The van der Waals surface area contributed by atoms with E-state index >= 15 is 0 Å². The molecule has 0 amide bonds. The fourth-order valence-corrected chi connectivity index (χ4v) is 3.13. The average molecular weight is 339 g/mol. The van der Waals surface area contributed by atoms with Crippen molar-refractivity contribution in [3.05, 3.63) is 23.2 Å². The first-order valence-corrected chi connectivity index (χ1v) is 8.63. The lowest BCUT2D eigenvalue weighted by atomic mass is 9.97. The lowest BCUT2D eigenvalue weighted by molar-refractivity contribution is 0.188. The maximum Gasteiger partial charge on any atom is 0.193 e. The van der Waals surface area contributed by atoms with Crippen LogP contribution in [0.1, 0.15) is 26.2 Å². The minimum absolute atomic E-state index is 0.433. The predicted molar refractivity (Wildman–Crippen MR) is 97.6 cm³/mol. The third kappa shape index (κ3) is 5.59. The number of piperidine rings is 1. The number of aliphatic imine (C=N–C) groups is 1. The topological polar surface area (TPSA) is 62.9 Å². The number of guanidine groups is 1. The van der Waals surface area contributed by atoms with Gasteiger partial charge in [0.15, 0.2) is 5.96 Å². The van der Waals surface area contributed by atoms with E-state index in [0.717, 1.165) is 12.2 Å². The first kappa shape index (κ1) is 17.9. The minimum atomic E-state index is 0.433. The molecule has 0 aliphatic carbocycles. The van der Waals surface area contributed by atoms with Crippen molar-refractivity contribution in [3.8, 4) is 5.75 Å². The van der Waals surface area contributed by atoms with Gasteiger partial charge < -0.3 is 20.7 Å². The van der Waals surface area contributed by atoms with Crippen LogP contribution in [0.15, 0.2) is 23.2 Å². The molecule has 3 N–H and O–H groups in total. The largest absolute Gasteiger partial charge is 0.495 e. The minimum Gasteiger partial charge on any atom is -0.495 e. The van der Waals surface area contributed by atoms with Crippen molar-refractivity contribution in [1.29, 1.82) is 0 Å². The van der Waals surface area contributed by atoms with Crippen LogP contribution in [0.3, 0.4) is 0 Å². The molecule has 1 aromatic carbocycles. The van der Waals surface area contributed by atoms with E-state index in [9.17, 15) is 0 Å². The molecular formula is C17H27ClN4O. The van der Waals surface area contributed by atoms with E-state index in [4.69, 9.17) is 22.1 Å². The van der Waals surface area contributed by atoms with Crippen LogP contribution in [-0.2, 0) is 0 Å². The molecule has 1 aromatic rings. The number of nitrogens with one attached hydrogen (secondary N) is 1. The number of likely N-dealkylation sites (tertiary alicyclic amines) is 1. The molecule has 0 unspecified atom stereocenters. The van der Waals surface area contributed by atoms with Crippen LogP contribution in [0.5, 0.6) is 5.75 Å². The van der Waals surface area contributed by atoms with Crippen molar-refractivity contribution < 1.29 is 4.74 Å². The molecule has 128 valence electrons. The number of ether oxygens (including phenoxy) is 1. The molecule has 0 aromatic heterocycles. The van der Waals surface area contributed by atoms with Crippen LogP contribution >= 0.6 is 11.6 Å². The number of nitrogens with zero attached hydrogens (tertiary/aromatic N) is 2. The van der Waals surface area contributed by atoms with Crippen molar-refractivity contribution in [3.63, 3.8) is 0 Å². The highest BCUT2D eigenvalue weighted by atomic mass is 35.5. The molecule has 1 heterocycles. The van der Waals surface area contributed by atoms with Gasteiger partial charge in [0, 0.05) is 12.2 Å². The molecule has 0 bridgehead atoms. The maximum atomic E-state index is 6.10. The first-order chi connectivity index (χ1) is 11.1. The second-order valence-electron chi connectivity index (χ2n) is 5.99. The Morgan fingerprint density at radius 2 is 2.17 bits per heavy atom. The number of nitrogens with two attached hydrogens (primary N) is 1. The number of hydrogen-bond donors (Lipinski definition) is 2. The second-order valence-corrected chi connectivity index (χ2v) is 6.39. The van der Waals surface area contributed by atoms with Crippen molar-refractivity contribution in [2.75, 3.05) is 38.6 Å². The van der Waals surface area contributed by atoms with Gasteiger partial charge >= 0.3 is 0 Å². The number of benzene rings is 1. The third-order valence-corrected chi connectivity index (χ3v) is 4.49. The number of anilines is 1. The highest BCUT2D eigenvalue weighted by Crippen LogP contribution is 2.27. The van der Waals surface area contributed by atoms with Crippen molar-refractivity contribution >= 4 is 23.2 Å². The van der Waals surface area contributed by atoms with E-state index in [-0.39, 0.29) is 0 Å². The molecule has 6 heteroatoms. The smallest absolute Gasteiger partial charge is 0.193 e. The van der Waals surface area contributed by atoms with Crippen LogP contribution < -0.4 is 15.8 Å². The fraction of sp³-hybridized carbons (Fsp3) is 0.588. The monoisotopic (exact) mass is 338 g/mol. The Hall–Kier alpha value is -1.46. The second kappa shape index (κ2) is 8.99. The van der Waals surface area contributed by atoms with Gasteiger partial charge in [-0.15, -0.1) is 0 Å². The summed E-state index contributed by atoms with van der Waals surface area (Å²) < 4.78 is 5.13. The van der Waals surface area contributed by atoms with Crippen LogP contribution in [0.4, 0.5) is 5.69 Å². The fourth-order valence-electron chi connectivity index (χ4n) is 2.87. The van der Waals surface area contributed by atoms with E-state index in [2.05, 4.69) is 22.1 Å². The molecule has 23 heavy (non-hydrogen) atoms. The Bertz CT molecular complexity index is 527. The van der Waals surface area contributed by atoms with Gasteiger partial charge in [-0.2, -0.15) is 0 Å². The van der Waals surface area contributed by atoms with Gasteiger partial charge in [-0.3, -0.25) is 4.99 Å². The summed E-state index contributed by atoms with van der Waals surface area (Å²) in [5, 5.41) is 3.63. The van der Waals surface area contributed by atoms with Gasteiger partial charge in [0.2, 0.25) is 0 Å². The van der Waals surface area contributed by atoms with Gasteiger partial charge in [0.1, 0.15) is 5.75 Å². The summed E-state index contributed by atoms with van der Waals surface area (Å²) in [5.41, 5.74) is 6.79. The molecule has 1 aliphatic rings. The standard InChI is InChI=1S/C17H27ClN4O/c1-3-8-22-9-6-13(7-10-22)12-20-17(19)21-14-4-5-16(23-2)15(18)11-14/h4-5,11,13H,3,6-10,12H2,1-2H3,(H3,19,20,21). The maximum absolute atomic E-state index is 6.10. The molecule has 2 rings (SSSR count). The molecule has 0 spiro atoms. The van der Waals surface area contributed by atoms with E-state index in [1.165, 1.54) is 38.9 Å². The lowest BCUT2D eigenvalue weighted by Crippen LogP contribution is -2.35. The summed E-state index contributed by atoms with van der Waals surface area (Å²) in [7, 11) is 1.59. The van der Waals surface area contributed by atoms with Gasteiger partial charge in [-0.25, -0.2) is 0 Å². The van der Waals surface area contributed by atoms with Gasteiger partial charge in [0.25, 0.3) is 0 Å². The van der Waals surface area contributed by atoms with Crippen LogP contribution in [-0.4, -0.2) is 44.1 Å². The van der Waals surface area contributed by atoms with Crippen LogP contribution in [0.25, 0.3) is 0 Å². The zero-order valence-electron chi connectivity index (χ0n) is 14.0. The quantitative estimate of drug-likeness (QED) is 0.617. The average Bonchev–Trinajstić information content (AvgIpc) is 2.55. The molecule has 0 saturated carbocycles. The molecule has 0 radical (unpaired) electrons. The van der Waals surface area contributed by atoms with Crippen molar-refractivity contribution in [1.82, 2.24) is 4.90 Å². The molecular weight excluding hydrogens is 312 g/mol. The highest BCUT2D eigenvalue weighted by Gasteiger charge is 2.18. The summed E-state index contributed by atoms with van der Waals surface area (Å²) in [6.45, 7) is 6.57. The molecule has 1 fully saturated rings. The zero-order valence-corrected chi connectivity index (χ0v) is 14.8. The lowest BCUT2D eigenvalue weighted by Gasteiger charge is -2.30. The Balaban J connectivity index is 1.80. The van der Waals surface area contributed by atoms with Crippen LogP contribution in [0, 0.1) is 5.92 Å². The summed E-state index contributed by atoms with van der Waals surface area (Å²) in [6.07, 6.45) is 3.63. The van der Waals surface area contributed by atoms with E-state index in [0.29, 0.717) is 22.6 Å². The van der Waals surface area contributed by atoms with E-state index in [1.54, 1.807) is 19.2 Å². The Kier molecular flexibility index (Phi) is 6.99. The zero-order chi connectivity index (χ0) is 16.7. The van der Waals surface area contributed by atoms with Gasteiger partial charge in [0.05, 0.1) is 12.1 Å². The summed E-state index contributed by atoms with van der Waals surface area (Å²) in [5.74, 6) is 1.71. The van der Waals surface area contributed by atoms with Crippen LogP contribution in [0.2, 0.25) is 5.02 Å². The molecule has 1 aliphatic heterocycles. The third-order valence-electron chi connectivity index (χ3n) is 4.19. The predicted octanol–water partition coefficient (Wildman–Crippen LogP) is 3.20. The Labute approximate surface area is 143 Å². The Morgan fingerprint density at radius 3 is 2.78 bits per heavy atom. The number of hydrogen-bond acceptors (Lipinski definition) is 3. The van der Waals surface area contributed by atoms with Gasteiger partial charge in [-0.1, -0.05) is 18.5 Å². The number of rotatable bonds is 6. The Morgan fingerprint density at radius 1 is 1.43 bits per heavy atom. The van der Waals surface area contributed by atoms with Crippen molar-refractivity contribution in [2.24, 2.45) is 16.6 Å². The number of methoxy groups -OCH3 is 1. The number of halogens is 1. The summed E-state index contributed by atoms with van der Waals surface area (Å²) >= 11 is 6.10. The first-order valence-electron chi connectivity index (χ1n) is 8.25. The molecule has 5 nitrogen and oxygen atoms in total. The SMILES string of the molecule is CCCN1CCC(CN=C(N)Nc2ccc(OC)c(Cl)c2)CC1. The molecule has 1 saturated heterocycles. The summed E-state index contributed by atoms with van der Waals surface area (Å²) in [4.78, 5) is 7.01. The van der Waals surface area contributed by atoms with E-state index in [1.807, 2.05) is 6.07 Å².